The van der Waals surface area contributed by atoms with Crippen molar-refractivity contribution in [3.8, 4) is 11.5 Å². The van der Waals surface area contributed by atoms with Crippen LogP contribution < -0.4 is 14.8 Å². The first-order valence-corrected chi connectivity index (χ1v) is 10.2. The van der Waals surface area contributed by atoms with Gasteiger partial charge in [0, 0.05) is 18.0 Å². The average Bonchev–Trinajstić information content (AvgIpc) is 3.17. The molecule has 1 aromatic rings. The number of nitrogens with zero attached hydrogens (tertiary/aromatic N) is 1. The maximum absolute atomic E-state index is 13.0. The summed E-state index contributed by atoms with van der Waals surface area (Å²) < 4.78 is 10.9. The summed E-state index contributed by atoms with van der Waals surface area (Å²) in [7, 11) is 1.53. The lowest BCUT2D eigenvalue weighted by Crippen LogP contribution is -2.52. The highest BCUT2D eigenvalue weighted by molar-refractivity contribution is 6.06. The zero-order valence-electron chi connectivity index (χ0n) is 17.2. The predicted molar refractivity (Wildman–Crippen MR) is 111 cm³/mol. The quantitative estimate of drug-likeness (QED) is 0.599. The fraction of sp³-hybridized carbons (Fsp3) is 0.500. The van der Waals surface area contributed by atoms with Crippen molar-refractivity contribution < 1.29 is 29.0 Å². The van der Waals surface area contributed by atoms with Crippen molar-refractivity contribution in [1.29, 1.82) is 0 Å². The monoisotopic (exact) mass is 416 g/mol. The molecule has 0 bridgehead atoms. The lowest BCUT2D eigenvalue weighted by atomic mass is 9.88. The van der Waals surface area contributed by atoms with Crippen LogP contribution in [0, 0.1) is 0 Å². The van der Waals surface area contributed by atoms with Gasteiger partial charge in [-0.1, -0.05) is 37.1 Å². The Balaban J connectivity index is 1.77. The van der Waals surface area contributed by atoms with E-state index in [1.54, 1.807) is 24.3 Å². The number of carbonyl (C=O) groups is 2. The smallest absolute Gasteiger partial charge is 0.308 e. The van der Waals surface area contributed by atoms with Crippen molar-refractivity contribution in [3.63, 3.8) is 0 Å². The zero-order chi connectivity index (χ0) is 21.6. The van der Waals surface area contributed by atoms with Crippen LogP contribution in [0.25, 0.3) is 0 Å². The minimum absolute atomic E-state index is 0.0472. The van der Waals surface area contributed by atoms with Crippen molar-refractivity contribution in [2.24, 2.45) is 5.16 Å². The Morgan fingerprint density at radius 2 is 2.10 bits per heavy atom. The molecule has 0 spiro atoms. The molecule has 2 N–H and O–H groups in total. The first-order chi connectivity index (χ1) is 14.5. The Morgan fingerprint density at radius 1 is 1.33 bits per heavy atom. The van der Waals surface area contributed by atoms with Crippen LogP contribution in [0.1, 0.15) is 50.5 Å². The molecule has 0 aromatic heterocycles. The van der Waals surface area contributed by atoms with Crippen LogP contribution in [0.5, 0.6) is 11.5 Å². The molecule has 1 unspecified atom stereocenters. The van der Waals surface area contributed by atoms with Gasteiger partial charge in [-0.05, 0) is 31.0 Å². The SMILES string of the molecule is C=CCOc1ccc(C2=NOC(CC(=O)O)(C(=O)NC3CCCCC3)C2)cc1OC. The molecular weight excluding hydrogens is 388 g/mol. The third kappa shape index (κ3) is 4.93. The second-order valence-electron chi connectivity index (χ2n) is 7.64. The number of carboxylic acid groups (broad SMARTS) is 1. The highest BCUT2D eigenvalue weighted by Crippen LogP contribution is 2.34. The van der Waals surface area contributed by atoms with Gasteiger partial charge in [0.05, 0.1) is 19.2 Å². The lowest BCUT2D eigenvalue weighted by Gasteiger charge is -2.29. The normalized spacial score (nSPS) is 21.3. The number of hydrogen-bond donors (Lipinski definition) is 2. The summed E-state index contributed by atoms with van der Waals surface area (Å²) in [6.45, 7) is 3.96. The summed E-state index contributed by atoms with van der Waals surface area (Å²) in [5.74, 6) is -0.489. The average molecular weight is 416 g/mol. The molecule has 0 saturated heterocycles. The third-order valence-electron chi connectivity index (χ3n) is 5.43. The molecule has 1 heterocycles. The lowest BCUT2D eigenvalue weighted by molar-refractivity contribution is -0.156. The number of methoxy groups -OCH3 is 1. The molecular formula is C22H28N2O6. The predicted octanol–water partition coefficient (Wildman–Crippen LogP) is 3.05. The minimum atomic E-state index is -1.55. The molecule has 1 aliphatic heterocycles. The van der Waals surface area contributed by atoms with Crippen LogP contribution in [0.15, 0.2) is 36.0 Å². The van der Waals surface area contributed by atoms with Crippen molar-refractivity contribution in [1.82, 2.24) is 5.32 Å². The maximum atomic E-state index is 13.0. The summed E-state index contributed by atoms with van der Waals surface area (Å²) in [6, 6.07) is 5.29. The zero-order valence-corrected chi connectivity index (χ0v) is 17.2. The number of carboxylic acids is 1. The fourth-order valence-electron chi connectivity index (χ4n) is 3.85. The van der Waals surface area contributed by atoms with Crippen LogP contribution in [0.3, 0.4) is 0 Å². The van der Waals surface area contributed by atoms with E-state index in [0.717, 1.165) is 32.1 Å². The van der Waals surface area contributed by atoms with E-state index in [9.17, 15) is 14.7 Å². The number of rotatable bonds is 9. The van der Waals surface area contributed by atoms with Gasteiger partial charge in [-0.15, -0.1) is 0 Å². The third-order valence-corrected chi connectivity index (χ3v) is 5.43. The van der Waals surface area contributed by atoms with Crippen molar-refractivity contribution in [2.45, 2.75) is 56.6 Å². The van der Waals surface area contributed by atoms with Crippen LogP contribution in [0.4, 0.5) is 0 Å². The summed E-state index contributed by atoms with van der Waals surface area (Å²) in [6.07, 6.45) is 6.29. The molecule has 1 amide bonds. The maximum Gasteiger partial charge on any atom is 0.308 e. The Hall–Kier alpha value is -3.03. The molecule has 1 saturated carbocycles. The van der Waals surface area contributed by atoms with Gasteiger partial charge in [0.15, 0.2) is 11.5 Å². The van der Waals surface area contributed by atoms with E-state index in [0.29, 0.717) is 29.4 Å². The van der Waals surface area contributed by atoms with E-state index >= 15 is 0 Å². The number of amides is 1. The second-order valence-corrected chi connectivity index (χ2v) is 7.64. The molecule has 8 nitrogen and oxygen atoms in total. The Kier molecular flexibility index (Phi) is 6.97. The standard InChI is InChI=1S/C22H28N2O6/c1-3-11-29-18-10-9-15(12-19(18)28-2)17-13-22(30-24-17,14-20(25)26)21(27)23-16-7-5-4-6-8-16/h3,9-10,12,16H,1,4-8,11,13-14H2,2H3,(H,23,27)(H,25,26). The van der Waals surface area contributed by atoms with Gasteiger partial charge in [0.2, 0.25) is 5.60 Å². The number of nitrogens with one attached hydrogen (secondary N) is 1. The summed E-state index contributed by atoms with van der Waals surface area (Å²) in [5, 5.41) is 16.4. The number of ether oxygens (including phenoxy) is 2. The minimum Gasteiger partial charge on any atom is -0.493 e. The number of benzene rings is 1. The van der Waals surface area contributed by atoms with E-state index in [2.05, 4.69) is 17.1 Å². The van der Waals surface area contributed by atoms with Gasteiger partial charge >= 0.3 is 5.97 Å². The van der Waals surface area contributed by atoms with Gasteiger partial charge < -0.3 is 24.7 Å². The topological polar surface area (TPSA) is 106 Å². The highest BCUT2D eigenvalue weighted by atomic mass is 16.7. The Labute approximate surface area is 175 Å². The first kappa shape index (κ1) is 21.7. The van der Waals surface area contributed by atoms with Crippen molar-refractivity contribution in [2.75, 3.05) is 13.7 Å². The van der Waals surface area contributed by atoms with Crippen LogP contribution >= 0.6 is 0 Å². The van der Waals surface area contributed by atoms with Crippen LogP contribution in [0.2, 0.25) is 0 Å². The molecule has 1 aliphatic carbocycles. The number of hydrogen-bond acceptors (Lipinski definition) is 6. The Bertz CT molecular complexity index is 831. The number of carbonyl (C=O) groups excluding carboxylic acids is 1. The van der Waals surface area contributed by atoms with Gasteiger partial charge in [0.25, 0.3) is 5.91 Å². The van der Waals surface area contributed by atoms with Crippen molar-refractivity contribution >= 4 is 17.6 Å². The molecule has 162 valence electrons. The van der Waals surface area contributed by atoms with Gasteiger partial charge in [-0.3, -0.25) is 9.59 Å². The molecule has 30 heavy (non-hydrogen) atoms. The van der Waals surface area contributed by atoms with Crippen molar-refractivity contribution in [3.05, 3.63) is 36.4 Å². The second kappa shape index (κ2) is 9.65. The van der Waals surface area contributed by atoms with Gasteiger partial charge in [-0.25, -0.2) is 0 Å². The summed E-state index contributed by atoms with van der Waals surface area (Å²) in [4.78, 5) is 30.0. The largest absolute Gasteiger partial charge is 0.493 e. The molecule has 2 aliphatic rings. The summed E-state index contributed by atoms with van der Waals surface area (Å²) in [5.41, 5.74) is -0.386. The van der Waals surface area contributed by atoms with Gasteiger partial charge in [0.1, 0.15) is 6.61 Å². The number of oxime groups is 1. The molecule has 1 atom stereocenters. The first-order valence-electron chi connectivity index (χ1n) is 10.2. The fourth-order valence-corrected chi connectivity index (χ4v) is 3.85. The van der Waals surface area contributed by atoms with E-state index in [1.807, 2.05) is 0 Å². The molecule has 3 rings (SSSR count). The van der Waals surface area contributed by atoms with E-state index < -0.39 is 23.9 Å². The molecule has 1 fully saturated rings. The molecule has 8 heteroatoms. The summed E-state index contributed by atoms with van der Waals surface area (Å²) >= 11 is 0. The van der Waals surface area contributed by atoms with Crippen LogP contribution in [-0.2, 0) is 14.4 Å². The molecule has 1 aromatic carbocycles. The molecule has 0 radical (unpaired) electrons. The van der Waals surface area contributed by atoms with Gasteiger partial charge in [-0.2, -0.15) is 0 Å². The Morgan fingerprint density at radius 3 is 2.77 bits per heavy atom. The van der Waals surface area contributed by atoms with E-state index in [-0.39, 0.29) is 12.5 Å². The van der Waals surface area contributed by atoms with Crippen LogP contribution in [-0.4, -0.2) is 48.1 Å². The van der Waals surface area contributed by atoms with E-state index in [1.165, 1.54) is 7.11 Å². The van der Waals surface area contributed by atoms with E-state index in [4.69, 9.17) is 14.3 Å². The highest BCUT2D eigenvalue weighted by Gasteiger charge is 2.49. The number of aliphatic carboxylic acids is 1.